The average molecular weight is 433 g/mol. The second-order valence-corrected chi connectivity index (χ2v) is 5.27. The topological polar surface area (TPSA) is 72.6 Å². The molecule has 0 saturated carbocycles. The van der Waals surface area contributed by atoms with Gasteiger partial charge in [0.05, 0.1) is 7.14 Å². The molecular formula is C9H9I2NO3. The average Bonchev–Trinajstić information content (AvgIpc) is 2.13. The number of carbonyl (C=O) groups excluding carboxylic acids is 1. The van der Waals surface area contributed by atoms with Gasteiger partial charge in [-0.05, 0) is 64.2 Å². The lowest BCUT2D eigenvalue weighted by Gasteiger charge is -2.08. The summed E-state index contributed by atoms with van der Waals surface area (Å²) in [4.78, 5) is 11.2. The number of phenolic OH excluding ortho intramolecular Hbond substituents is 1. The van der Waals surface area contributed by atoms with Crippen LogP contribution in [-0.4, -0.2) is 17.1 Å². The number of benzene rings is 1. The molecule has 15 heavy (non-hydrogen) atoms. The Hall–Kier alpha value is -0.0900. The van der Waals surface area contributed by atoms with Gasteiger partial charge in [0.1, 0.15) is 17.5 Å². The molecule has 1 rings (SSSR count). The summed E-state index contributed by atoms with van der Waals surface area (Å²) in [7, 11) is 0. The van der Waals surface area contributed by atoms with Gasteiger partial charge >= 0.3 is 5.97 Å². The van der Waals surface area contributed by atoms with Crippen LogP contribution in [-0.2, 0) is 4.79 Å². The number of carbonyl (C=O) groups is 1. The third kappa shape index (κ3) is 3.45. The van der Waals surface area contributed by atoms with Crippen molar-refractivity contribution >= 4 is 51.2 Å². The maximum Gasteiger partial charge on any atom is 0.328 e. The summed E-state index contributed by atoms with van der Waals surface area (Å²) in [6, 6.07) is 2.51. The van der Waals surface area contributed by atoms with Crippen LogP contribution in [0.1, 0.15) is 6.92 Å². The van der Waals surface area contributed by atoms with E-state index in [0.717, 1.165) is 0 Å². The third-order valence-electron chi connectivity index (χ3n) is 1.58. The number of nitrogens with two attached hydrogens (primary N) is 1. The number of hydrogen-bond donors (Lipinski definition) is 2. The third-order valence-corrected chi connectivity index (χ3v) is 3.23. The zero-order valence-corrected chi connectivity index (χ0v) is 12.1. The van der Waals surface area contributed by atoms with Crippen LogP contribution in [0.25, 0.3) is 0 Å². The van der Waals surface area contributed by atoms with Gasteiger partial charge in [-0.25, -0.2) is 4.79 Å². The molecule has 0 spiro atoms. The van der Waals surface area contributed by atoms with Crippen molar-refractivity contribution in [3.8, 4) is 11.5 Å². The number of ether oxygens (including phenoxy) is 1. The molecule has 0 fully saturated rings. The molecule has 4 nitrogen and oxygen atoms in total. The lowest BCUT2D eigenvalue weighted by molar-refractivity contribution is -0.135. The highest BCUT2D eigenvalue weighted by Gasteiger charge is 2.12. The number of phenols is 1. The molecule has 82 valence electrons. The van der Waals surface area contributed by atoms with E-state index >= 15 is 0 Å². The van der Waals surface area contributed by atoms with E-state index in [9.17, 15) is 9.90 Å². The predicted octanol–water partition coefficient (Wildman–Crippen LogP) is 1.85. The summed E-state index contributed by atoms with van der Waals surface area (Å²) in [5, 5.41) is 9.49. The van der Waals surface area contributed by atoms with Crippen LogP contribution in [0.4, 0.5) is 0 Å². The summed E-state index contributed by atoms with van der Waals surface area (Å²) in [6.07, 6.45) is 0. The lowest BCUT2D eigenvalue weighted by Crippen LogP contribution is -2.30. The summed E-state index contributed by atoms with van der Waals surface area (Å²) < 4.78 is 6.27. The van der Waals surface area contributed by atoms with Gasteiger partial charge in [-0.1, -0.05) is 0 Å². The normalized spacial score (nSPS) is 12.3. The highest BCUT2D eigenvalue weighted by Crippen LogP contribution is 2.30. The fourth-order valence-electron chi connectivity index (χ4n) is 0.810. The van der Waals surface area contributed by atoms with E-state index in [4.69, 9.17) is 10.5 Å². The Labute approximate surface area is 114 Å². The summed E-state index contributed by atoms with van der Waals surface area (Å²) >= 11 is 3.92. The van der Waals surface area contributed by atoms with Crippen molar-refractivity contribution in [1.82, 2.24) is 0 Å². The summed E-state index contributed by atoms with van der Waals surface area (Å²) in [5.74, 6) is 0.0907. The van der Waals surface area contributed by atoms with E-state index in [2.05, 4.69) is 0 Å². The Kier molecular flexibility index (Phi) is 4.59. The van der Waals surface area contributed by atoms with Gasteiger partial charge in [0.15, 0.2) is 0 Å². The monoisotopic (exact) mass is 433 g/mol. The molecule has 0 aliphatic heterocycles. The molecule has 0 aliphatic rings. The van der Waals surface area contributed by atoms with Gasteiger partial charge < -0.3 is 15.6 Å². The molecule has 0 aromatic heterocycles. The Morgan fingerprint density at radius 3 is 2.33 bits per heavy atom. The second kappa shape index (κ2) is 5.30. The second-order valence-electron chi connectivity index (χ2n) is 2.95. The van der Waals surface area contributed by atoms with Crippen molar-refractivity contribution in [2.24, 2.45) is 5.73 Å². The maximum atomic E-state index is 11.2. The lowest BCUT2D eigenvalue weighted by atomic mass is 10.3. The molecule has 1 atom stereocenters. The molecule has 1 aromatic carbocycles. The Morgan fingerprint density at radius 1 is 1.47 bits per heavy atom. The highest BCUT2D eigenvalue weighted by molar-refractivity contribution is 14.1. The van der Waals surface area contributed by atoms with Crippen LogP contribution in [0, 0.1) is 7.14 Å². The van der Waals surface area contributed by atoms with Crippen molar-refractivity contribution in [3.63, 3.8) is 0 Å². The van der Waals surface area contributed by atoms with Crippen LogP contribution >= 0.6 is 45.2 Å². The van der Waals surface area contributed by atoms with E-state index in [-0.39, 0.29) is 5.75 Å². The van der Waals surface area contributed by atoms with Crippen molar-refractivity contribution in [1.29, 1.82) is 0 Å². The van der Waals surface area contributed by atoms with Crippen molar-refractivity contribution < 1.29 is 14.6 Å². The standard InChI is InChI=1S/C9H9I2NO3/c1-4(12)9(14)15-5-2-6(10)8(13)7(11)3-5/h2-4,13H,12H2,1H3. The zero-order chi connectivity index (χ0) is 11.6. The first-order valence-corrected chi connectivity index (χ1v) is 6.23. The van der Waals surface area contributed by atoms with Gasteiger partial charge in [-0.2, -0.15) is 0 Å². The maximum absolute atomic E-state index is 11.2. The van der Waals surface area contributed by atoms with E-state index in [0.29, 0.717) is 12.9 Å². The minimum absolute atomic E-state index is 0.191. The summed E-state index contributed by atoms with van der Waals surface area (Å²) in [5.41, 5.74) is 5.36. The smallest absolute Gasteiger partial charge is 0.328 e. The fraction of sp³-hybridized carbons (Fsp3) is 0.222. The SMILES string of the molecule is CC(N)C(=O)Oc1cc(I)c(O)c(I)c1. The van der Waals surface area contributed by atoms with Gasteiger partial charge in [-0.3, -0.25) is 0 Å². The molecule has 0 saturated heterocycles. The van der Waals surface area contributed by atoms with E-state index in [1.165, 1.54) is 0 Å². The molecular weight excluding hydrogens is 424 g/mol. The van der Waals surface area contributed by atoms with Gasteiger partial charge in [-0.15, -0.1) is 0 Å². The molecule has 0 heterocycles. The van der Waals surface area contributed by atoms with Gasteiger partial charge in [0.2, 0.25) is 0 Å². The molecule has 1 unspecified atom stereocenters. The first kappa shape index (κ1) is 13.0. The van der Waals surface area contributed by atoms with Crippen LogP contribution in [0.15, 0.2) is 12.1 Å². The fourth-order valence-corrected chi connectivity index (χ4v) is 2.52. The number of esters is 1. The van der Waals surface area contributed by atoms with E-state index in [1.54, 1.807) is 19.1 Å². The first-order valence-electron chi connectivity index (χ1n) is 4.07. The number of hydrogen-bond acceptors (Lipinski definition) is 4. The van der Waals surface area contributed by atoms with E-state index < -0.39 is 12.0 Å². The first-order chi connectivity index (χ1) is 6.91. The van der Waals surface area contributed by atoms with Crippen molar-refractivity contribution in [2.45, 2.75) is 13.0 Å². The molecule has 1 aromatic rings. The minimum atomic E-state index is -0.658. The van der Waals surface area contributed by atoms with Crippen molar-refractivity contribution in [2.75, 3.05) is 0 Å². The zero-order valence-electron chi connectivity index (χ0n) is 7.83. The number of halogens is 2. The molecule has 6 heteroatoms. The number of rotatable bonds is 2. The predicted molar refractivity (Wildman–Crippen MR) is 72.8 cm³/mol. The quantitative estimate of drug-likeness (QED) is 0.425. The van der Waals surface area contributed by atoms with Gasteiger partial charge in [0.25, 0.3) is 0 Å². The summed E-state index contributed by atoms with van der Waals surface area (Å²) in [6.45, 7) is 1.55. The van der Waals surface area contributed by atoms with Crippen LogP contribution in [0.5, 0.6) is 11.5 Å². The van der Waals surface area contributed by atoms with Crippen molar-refractivity contribution in [3.05, 3.63) is 19.3 Å². The Morgan fingerprint density at radius 2 is 1.93 bits per heavy atom. The Bertz CT molecular complexity index is 370. The molecule has 3 N–H and O–H groups in total. The molecule has 0 bridgehead atoms. The molecule has 0 amide bonds. The van der Waals surface area contributed by atoms with Gasteiger partial charge in [0, 0.05) is 0 Å². The highest BCUT2D eigenvalue weighted by atomic mass is 127. The van der Waals surface area contributed by atoms with Crippen LogP contribution in [0.2, 0.25) is 0 Å². The van der Waals surface area contributed by atoms with Crippen LogP contribution < -0.4 is 10.5 Å². The Balaban J connectivity index is 2.93. The van der Waals surface area contributed by atoms with E-state index in [1.807, 2.05) is 45.2 Å². The largest absolute Gasteiger partial charge is 0.506 e. The molecule has 0 aliphatic carbocycles. The van der Waals surface area contributed by atoms with Crippen LogP contribution in [0.3, 0.4) is 0 Å². The number of aromatic hydroxyl groups is 1. The molecule has 0 radical (unpaired) electrons. The minimum Gasteiger partial charge on any atom is -0.506 e.